The van der Waals surface area contributed by atoms with Crippen LogP contribution in [0.2, 0.25) is 5.02 Å². The minimum absolute atomic E-state index is 0.154. The summed E-state index contributed by atoms with van der Waals surface area (Å²) in [5.74, 6) is 1.72. The first-order valence-corrected chi connectivity index (χ1v) is 7.50. The Hall–Kier alpha value is -1.81. The lowest BCUT2D eigenvalue weighted by Crippen LogP contribution is -2.29. The first kappa shape index (κ1) is 14.1. The van der Waals surface area contributed by atoms with Gasteiger partial charge in [-0.15, -0.1) is 0 Å². The molecular weight excluding hydrogens is 288 g/mol. The highest BCUT2D eigenvalue weighted by Gasteiger charge is 2.28. The highest BCUT2D eigenvalue weighted by atomic mass is 35.5. The molecule has 0 unspecified atom stereocenters. The molecule has 110 valence electrons. The fraction of sp³-hybridized carbons (Fsp3) is 0.375. The Labute approximate surface area is 128 Å². The molecule has 4 nitrogen and oxygen atoms in total. The molecule has 0 radical (unpaired) electrons. The molecule has 2 aliphatic rings. The lowest BCUT2D eigenvalue weighted by atomic mass is 10.1. The van der Waals surface area contributed by atoms with Gasteiger partial charge < -0.3 is 10.1 Å². The molecule has 0 saturated heterocycles. The largest absolute Gasteiger partial charge is 0.496 e. The molecule has 5 heteroatoms. The molecule has 1 aliphatic heterocycles. The van der Waals surface area contributed by atoms with Gasteiger partial charge in [-0.3, -0.25) is 4.79 Å². The summed E-state index contributed by atoms with van der Waals surface area (Å²) in [6.45, 7) is 0. The van der Waals surface area contributed by atoms with Crippen molar-refractivity contribution in [2.45, 2.75) is 25.7 Å². The number of aliphatic imine (C=N–C) groups is 1. The van der Waals surface area contributed by atoms with Gasteiger partial charge in [0.2, 0.25) is 0 Å². The lowest BCUT2D eigenvalue weighted by molar-refractivity contribution is -0.115. The topological polar surface area (TPSA) is 50.7 Å². The van der Waals surface area contributed by atoms with Crippen molar-refractivity contribution in [3.8, 4) is 5.75 Å². The Morgan fingerprint density at radius 1 is 1.38 bits per heavy atom. The lowest BCUT2D eigenvalue weighted by Gasteiger charge is -2.06. The number of amidine groups is 1. The first-order valence-electron chi connectivity index (χ1n) is 7.12. The fourth-order valence-corrected chi connectivity index (χ4v) is 3.03. The Bertz CT molecular complexity index is 631. The number of nitrogens with zero attached hydrogens (tertiary/aromatic N) is 1. The van der Waals surface area contributed by atoms with Crippen molar-refractivity contribution in [2.75, 3.05) is 7.11 Å². The van der Waals surface area contributed by atoms with Gasteiger partial charge in [0, 0.05) is 16.5 Å². The maximum atomic E-state index is 12.1. The number of nitrogens with one attached hydrogen (secondary N) is 1. The number of amides is 1. The van der Waals surface area contributed by atoms with Gasteiger partial charge in [0.15, 0.2) is 0 Å². The number of hydrogen-bond acceptors (Lipinski definition) is 3. The van der Waals surface area contributed by atoms with Crippen molar-refractivity contribution in [2.24, 2.45) is 10.9 Å². The number of carbonyl (C=O) groups excluding carboxylic acids is 1. The van der Waals surface area contributed by atoms with Crippen molar-refractivity contribution in [3.63, 3.8) is 0 Å². The third kappa shape index (κ3) is 2.95. The maximum absolute atomic E-state index is 12.1. The van der Waals surface area contributed by atoms with Crippen LogP contribution in [0.25, 0.3) is 6.08 Å². The van der Waals surface area contributed by atoms with E-state index in [4.69, 9.17) is 16.3 Å². The smallest absolute Gasteiger partial charge is 0.275 e. The van der Waals surface area contributed by atoms with Crippen LogP contribution in [0.5, 0.6) is 5.75 Å². The molecule has 1 aromatic carbocycles. The maximum Gasteiger partial charge on any atom is 0.275 e. The van der Waals surface area contributed by atoms with Gasteiger partial charge in [-0.25, -0.2) is 4.99 Å². The van der Waals surface area contributed by atoms with E-state index in [0.29, 0.717) is 22.4 Å². The van der Waals surface area contributed by atoms with Crippen LogP contribution in [-0.2, 0) is 4.79 Å². The zero-order chi connectivity index (χ0) is 14.8. The molecule has 0 bridgehead atoms. The minimum Gasteiger partial charge on any atom is -0.496 e. The third-order valence-electron chi connectivity index (χ3n) is 3.94. The van der Waals surface area contributed by atoms with E-state index in [0.717, 1.165) is 24.2 Å². The number of carbonyl (C=O) groups is 1. The highest BCUT2D eigenvalue weighted by molar-refractivity contribution is 6.30. The van der Waals surface area contributed by atoms with Gasteiger partial charge in [0.1, 0.15) is 17.3 Å². The standard InChI is InChI=1S/C16H17ClN2O2/c1-21-14-7-6-12(17)8-11(14)9-13-16(20)19-15(18-13)10-4-2-3-5-10/h6-10H,2-5H2,1H3,(H,18,19,20)/b13-9+. The first-order chi connectivity index (χ1) is 10.2. The second-order valence-corrected chi connectivity index (χ2v) is 5.78. The van der Waals surface area contributed by atoms with Crippen molar-refractivity contribution >= 4 is 29.4 Å². The number of rotatable bonds is 3. The SMILES string of the molecule is COc1ccc(Cl)cc1/C=C1/N=C(C2CCCC2)NC1=O. The van der Waals surface area contributed by atoms with E-state index in [1.165, 1.54) is 12.8 Å². The van der Waals surface area contributed by atoms with Crippen LogP contribution in [0, 0.1) is 5.92 Å². The number of methoxy groups -OCH3 is 1. The van der Waals surface area contributed by atoms with Crippen LogP contribution < -0.4 is 10.1 Å². The third-order valence-corrected chi connectivity index (χ3v) is 4.18. The van der Waals surface area contributed by atoms with Crippen molar-refractivity contribution < 1.29 is 9.53 Å². The molecule has 1 aliphatic carbocycles. The van der Waals surface area contributed by atoms with E-state index in [1.54, 1.807) is 31.4 Å². The number of ether oxygens (including phenoxy) is 1. The van der Waals surface area contributed by atoms with Crippen LogP contribution in [0.3, 0.4) is 0 Å². The monoisotopic (exact) mass is 304 g/mol. The van der Waals surface area contributed by atoms with Crippen LogP contribution in [0.4, 0.5) is 0 Å². The van der Waals surface area contributed by atoms with Crippen LogP contribution in [0.15, 0.2) is 28.9 Å². The molecule has 3 rings (SSSR count). The Balaban J connectivity index is 1.92. The molecule has 1 aromatic rings. The predicted molar refractivity (Wildman–Crippen MR) is 83.5 cm³/mol. The average Bonchev–Trinajstić information content (AvgIpc) is 3.10. The van der Waals surface area contributed by atoms with Crippen molar-refractivity contribution in [3.05, 3.63) is 34.5 Å². The highest BCUT2D eigenvalue weighted by Crippen LogP contribution is 2.29. The van der Waals surface area contributed by atoms with Crippen molar-refractivity contribution in [1.29, 1.82) is 0 Å². The molecule has 1 N–H and O–H groups in total. The van der Waals surface area contributed by atoms with E-state index in [9.17, 15) is 4.79 Å². The van der Waals surface area contributed by atoms with Gasteiger partial charge in [-0.2, -0.15) is 0 Å². The van der Waals surface area contributed by atoms with E-state index in [2.05, 4.69) is 10.3 Å². The van der Waals surface area contributed by atoms with E-state index in [1.807, 2.05) is 0 Å². The normalized spacial score (nSPS) is 20.8. The van der Waals surface area contributed by atoms with Gasteiger partial charge >= 0.3 is 0 Å². The van der Waals surface area contributed by atoms with Gasteiger partial charge in [-0.1, -0.05) is 24.4 Å². The molecule has 1 heterocycles. The zero-order valence-electron chi connectivity index (χ0n) is 11.9. The number of hydrogen-bond donors (Lipinski definition) is 1. The Morgan fingerprint density at radius 3 is 2.86 bits per heavy atom. The quantitative estimate of drug-likeness (QED) is 0.870. The predicted octanol–water partition coefficient (Wildman–Crippen LogP) is 3.41. The van der Waals surface area contributed by atoms with Crippen LogP contribution in [-0.4, -0.2) is 18.9 Å². The summed E-state index contributed by atoms with van der Waals surface area (Å²) < 4.78 is 5.29. The summed E-state index contributed by atoms with van der Waals surface area (Å²) >= 11 is 6.01. The summed E-state index contributed by atoms with van der Waals surface area (Å²) in [6, 6.07) is 5.30. The van der Waals surface area contributed by atoms with Crippen molar-refractivity contribution in [1.82, 2.24) is 5.32 Å². The summed E-state index contributed by atoms with van der Waals surface area (Å²) in [4.78, 5) is 16.5. The van der Waals surface area contributed by atoms with Crippen LogP contribution in [0.1, 0.15) is 31.2 Å². The summed E-state index contributed by atoms with van der Waals surface area (Å²) in [5, 5.41) is 3.49. The summed E-state index contributed by atoms with van der Waals surface area (Å²) in [6.07, 6.45) is 6.35. The molecule has 0 spiro atoms. The molecule has 0 aromatic heterocycles. The molecule has 0 atom stereocenters. The van der Waals surface area contributed by atoms with E-state index >= 15 is 0 Å². The van der Waals surface area contributed by atoms with Gasteiger partial charge in [0.05, 0.1) is 7.11 Å². The van der Waals surface area contributed by atoms with Gasteiger partial charge in [-0.05, 0) is 37.1 Å². The van der Waals surface area contributed by atoms with E-state index in [-0.39, 0.29) is 5.91 Å². The molecule has 21 heavy (non-hydrogen) atoms. The second-order valence-electron chi connectivity index (χ2n) is 5.35. The number of halogens is 1. The minimum atomic E-state index is -0.154. The zero-order valence-corrected chi connectivity index (χ0v) is 12.6. The number of benzene rings is 1. The Kier molecular flexibility index (Phi) is 3.97. The average molecular weight is 305 g/mol. The van der Waals surface area contributed by atoms with Gasteiger partial charge in [0.25, 0.3) is 5.91 Å². The molecule has 1 amide bonds. The Morgan fingerprint density at radius 2 is 2.14 bits per heavy atom. The summed E-state index contributed by atoms with van der Waals surface area (Å²) in [7, 11) is 1.59. The second kappa shape index (κ2) is 5.90. The van der Waals surface area contributed by atoms with E-state index < -0.39 is 0 Å². The summed E-state index contributed by atoms with van der Waals surface area (Å²) in [5.41, 5.74) is 1.17. The molecule has 1 fully saturated rings. The fourth-order valence-electron chi connectivity index (χ4n) is 2.84. The molecular formula is C16H17ClN2O2. The van der Waals surface area contributed by atoms with Crippen LogP contribution >= 0.6 is 11.6 Å². The molecule has 1 saturated carbocycles.